The van der Waals surface area contributed by atoms with Crippen molar-refractivity contribution in [2.24, 2.45) is 63.1 Å². The molecule has 0 aromatic rings. The molecule has 0 bridgehead atoms. The Kier molecular flexibility index (Phi) is 6.55. The van der Waals surface area contributed by atoms with Crippen LogP contribution >= 0.6 is 0 Å². The Balaban J connectivity index is 1.64. The predicted molar refractivity (Wildman–Crippen MR) is 142 cm³/mol. The van der Waals surface area contributed by atoms with Crippen molar-refractivity contribution in [1.82, 2.24) is 0 Å². The third kappa shape index (κ3) is 3.90. The molecular weight excluding hydrogens is 400 g/mol. The van der Waals surface area contributed by atoms with Crippen LogP contribution in [0, 0.1) is 63.1 Å². The van der Waals surface area contributed by atoms with Crippen LogP contribution in [0.25, 0.3) is 0 Å². The molecule has 0 radical (unpaired) electrons. The van der Waals surface area contributed by atoms with Gasteiger partial charge in [0.25, 0.3) is 0 Å². The van der Waals surface area contributed by atoms with Gasteiger partial charge in [-0.05, 0) is 128 Å². The van der Waals surface area contributed by atoms with Gasteiger partial charge in [0.15, 0.2) is 0 Å². The van der Waals surface area contributed by atoms with Gasteiger partial charge in [-0.1, -0.05) is 67.0 Å². The summed E-state index contributed by atoms with van der Waals surface area (Å²) in [6.45, 7) is 25.0. The summed E-state index contributed by atoms with van der Waals surface area (Å²) in [7, 11) is 0. The molecule has 4 fully saturated rings. The van der Waals surface area contributed by atoms with Crippen molar-refractivity contribution in [2.45, 2.75) is 127 Å². The normalized spacial score (nSPS) is 49.1. The SMILES string of the molecule is CC(C)=CCCC(C)(C)C1CCC2C1C(O)CC1[C@@]2(C)C[C@H](C)C2C(C)(C)[C@@H](C)CC[C@@]21C. The number of fused-ring (bicyclic) bond motifs is 5. The first-order valence-electron chi connectivity index (χ1n) is 14.5. The first-order valence-corrected chi connectivity index (χ1v) is 14.5. The van der Waals surface area contributed by atoms with Crippen molar-refractivity contribution in [1.29, 1.82) is 0 Å². The van der Waals surface area contributed by atoms with Crippen molar-refractivity contribution in [2.75, 3.05) is 0 Å². The molecule has 0 aromatic heterocycles. The zero-order chi connectivity index (χ0) is 24.6. The van der Waals surface area contributed by atoms with Gasteiger partial charge in [0.1, 0.15) is 0 Å². The number of aliphatic hydroxyl groups excluding tert-OH is 1. The molecule has 4 aliphatic rings. The van der Waals surface area contributed by atoms with Gasteiger partial charge in [0.2, 0.25) is 0 Å². The molecule has 4 saturated carbocycles. The molecule has 0 spiro atoms. The molecule has 33 heavy (non-hydrogen) atoms. The van der Waals surface area contributed by atoms with E-state index in [1.54, 1.807) is 0 Å². The molecule has 0 aliphatic heterocycles. The summed E-state index contributed by atoms with van der Waals surface area (Å²) in [5, 5.41) is 11.8. The lowest BCUT2D eigenvalue weighted by Crippen LogP contribution is -2.64. The van der Waals surface area contributed by atoms with E-state index < -0.39 is 0 Å². The maximum atomic E-state index is 11.8. The smallest absolute Gasteiger partial charge is 0.0577 e. The zero-order valence-electron chi connectivity index (χ0n) is 23.8. The maximum absolute atomic E-state index is 11.8. The van der Waals surface area contributed by atoms with Crippen LogP contribution in [0.4, 0.5) is 0 Å². The van der Waals surface area contributed by atoms with Gasteiger partial charge in [-0.2, -0.15) is 0 Å². The van der Waals surface area contributed by atoms with Gasteiger partial charge in [0, 0.05) is 0 Å². The first-order chi connectivity index (χ1) is 15.2. The maximum Gasteiger partial charge on any atom is 0.0577 e. The zero-order valence-corrected chi connectivity index (χ0v) is 23.8. The van der Waals surface area contributed by atoms with E-state index in [0.29, 0.717) is 45.3 Å². The summed E-state index contributed by atoms with van der Waals surface area (Å²) in [5.74, 6) is 4.95. The Hall–Kier alpha value is -0.300. The van der Waals surface area contributed by atoms with Gasteiger partial charge in [0.05, 0.1) is 6.10 Å². The highest BCUT2D eigenvalue weighted by Gasteiger charge is 2.68. The molecule has 0 amide bonds. The van der Waals surface area contributed by atoms with E-state index >= 15 is 0 Å². The van der Waals surface area contributed by atoms with E-state index in [1.807, 2.05) is 0 Å². The Labute approximate surface area is 206 Å². The summed E-state index contributed by atoms with van der Waals surface area (Å²) < 4.78 is 0. The van der Waals surface area contributed by atoms with Gasteiger partial charge >= 0.3 is 0 Å². The van der Waals surface area contributed by atoms with Crippen LogP contribution in [0.15, 0.2) is 11.6 Å². The van der Waals surface area contributed by atoms with Crippen LogP contribution in [0.2, 0.25) is 0 Å². The highest BCUT2D eigenvalue weighted by molar-refractivity contribution is 5.16. The second-order valence-corrected chi connectivity index (χ2v) is 15.5. The molecule has 1 nitrogen and oxygen atoms in total. The Morgan fingerprint density at radius 2 is 1.67 bits per heavy atom. The highest BCUT2D eigenvalue weighted by Crippen LogP contribution is 2.73. The predicted octanol–water partition coefficient (Wildman–Crippen LogP) is 8.91. The molecule has 190 valence electrons. The van der Waals surface area contributed by atoms with Crippen LogP contribution in [0.5, 0.6) is 0 Å². The van der Waals surface area contributed by atoms with Crippen molar-refractivity contribution in [3.63, 3.8) is 0 Å². The van der Waals surface area contributed by atoms with E-state index in [1.165, 1.54) is 50.5 Å². The van der Waals surface area contributed by atoms with Crippen molar-refractivity contribution < 1.29 is 5.11 Å². The van der Waals surface area contributed by atoms with E-state index in [2.05, 4.69) is 75.3 Å². The lowest BCUT2D eigenvalue weighted by Gasteiger charge is -2.70. The van der Waals surface area contributed by atoms with Crippen LogP contribution in [-0.2, 0) is 0 Å². The minimum Gasteiger partial charge on any atom is -0.393 e. The Morgan fingerprint density at radius 1 is 1.00 bits per heavy atom. The summed E-state index contributed by atoms with van der Waals surface area (Å²) in [6.07, 6.45) is 12.6. The van der Waals surface area contributed by atoms with Crippen LogP contribution < -0.4 is 0 Å². The van der Waals surface area contributed by atoms with E-state index in [-0.39, 0.29) is 6.10 Å². The fourth-order valence-corrected chi connectivity index (χ4v) is 11.2. The highest BCUT2D eigenvalue weighted by atomic mass is 16.3. The van der Waals surface area contributed by atoms with Gasteiger partial charge in [-0.15, -0.1) is 0 Å². The molecule has 1 heteroatoms. The van der Waals surface area contributed by atoms with Crippen LogP contribution in [-0.4, -0.2) is 11.2 Å². The molecule has 4 aliphatic carbocycles. The van der Waals surface area contributed by atoms with E-state index in [0.717, 1.165) is 24.2 Å². The molecule has 1 N–H and O–H groups in total. The first kappa shape index (κ1) is 25.8. The largest absolute Gasteiger partial charge is 0.393 e. The number of hydrogen-bond acceptors (Lipinski definition) is 1. The topological polar surface area (TPSA) is 20.2 Å². The van der Waals surface area contributed by atoms with Crippen molar-refractivity contribution >= 4 is 0 Å². The van der Waals surface area contributed by atoms with Crippen molar-refractivity contribution in [3.8, 4) is 0 Å². The minimum atomic E-state index is -0.100. The third-order valence-corrected chi connectivity index (χ3v) is 12.7. The van der Waals surface area contributed by atoms with Crippen LogP contribution in [0.1, 0.15) is 121 Å². The van der Waals surface area contributed by atoms with Crippen LogP contribution in [0.3, 0.4) is 0 Å². The van der Waals surface area contributed by atoms with Gasteiger partial charge in [-0.25, -0.2) is 0 Å². The molecule has 10 atom stereocenters. The second-order valence-electron chi connectivity index (χ2n) is 15.5. The fraction of sp³-hybridized carbons (Fsp3) is 0.938. The van der Waals surface area contributed by atoms with E-state index in [4.69, 9.17) is 0 Å². The molecule has 6 unspecified atom stereocenters. The number of allylic oxidation sites excluding steroid dienone is 2. The van der Waals surface area contributed by atoms with Gasteiger partial charge in [-0.3, -0.25) is 0 Å². The molecule has 0 saturated heterocycles. The fourth-order valence-electron chi connectivity index (χ4n) is 11.2. The number of rotatable bonds is 4. The van der Waals surface area contributed by atoms with E-state index in [9.17, 15) is 5.11 Å². The average molecular weight is 457 g/mol. The Morgan fingerprint density at radius 3 is 2.30 bits per heavy atom. The molecule has 0 heterocycles. The molecule has 4 rings (SSSR count). The Bertz CT molecular complexity index is 756. The summed E-state index contributed by atoms with van der Waals surface area (Å²) in [4.78, 5) is 0. The third-order valence-electron chi connectivity index (χ3n) is 12.7. The number of hydrogen-bond donors (Lipinski definition) is 1. The monoisotopic (exact) mass is 456 g/mol. The summed E-state index contributed by atoms with van der Waals surface area (Å²) >= 11 is 0. The second kappa shape index (κ2) is 8.38. The molecular formula is C32H56O. The lowest BCUT2D eigenvalue weighted by molar-refractivity contribution is -0.226. The summed E-state index contributed by atoms with van der Waals surface area (Å²) in [6, 6.07) is 0. The quantitative estimate of drug-likeness (QED) is 0.419. The average Bonchev–Trinajstić information content (AvgIpc) is 3.14. The summed E-state index contributed by atoms with van der Waals surface area (Å²) in [5.41, 5.74) is 2.93. The standard InChI is InChI=1S/C32H56O/c1-20(2)12-11-16-29(5,6)23-13-14-24-27(23)25(33)18-26-31(9)17-15-22(4)30(7,8)28(31)21(3)19-32(24,26)10/h12,21-28,33H,11,13-19H2,1-10H3/t21-,22-,23?,24?,25?,26?,27?,28?,31+,32-/m0/s1. The number of aliphatic hydroxyl groups is 1. The molecule has 0 aromatic carbocycles. The lowest BCUT2D eigenvalue weighted by atomic mass is 9.35. The minimum absolute atomic E-state index is 0.100. The van der Waals surface area contributed by atoms with Crippen molar-refractivity contribution in [3.05, 3.63) is 11.6 Å². The van der Waals surface area contributed by atoms with Gasteiger partial charge < -0.3 is 5.11 Å².